The molecule has 0 saturated carbocycles. The number of carbonyl (C=O) groups excluding carboxylic acids is 1. The van der Waals surface area contributed by atoms with E-state index in [1.165, 1.54) is 42.0 Å². The van der Waals surface area contributed by atoms with Crippen LogP contribution in [0.2, 0.25) is 0 Å². The molecule has 1 N–H and O–H groups in total. The summed E-state index contributed by atoms with van der Waals surface area (Å²) in [7, 11) is 1.67. The summed E-state index contributed by atoms with van der Waals surface area (Å²) in [6, 6.07) is 11.6. The number of carbonyl (C=O) groups is 1. The molecule has 0 spiro atoms. The number of thiocarbonyl (C=S) groups is 1. The number of anilines is 1. The highest BCUT2D eigenvalue weighted by Gasteiger charge is 2.32. The van der Waals surface area contributed by atoms with Crippen LogP contribution in [-0.2, 0) is 11.3 Å². The topological polar surface area (TPSA) is 44.8 Å². The van der Waals surface area contributed by atoms with E-state index in [9.17, 15) is 9.18 Å². The number of methoxy groups -OCH3 is 1. The summed E-state index contributed by atoms with van der Waals surface area (Å²) < 4.78 is 18.7. The van der Waals surface area contributed by atoms with Gasteiger partial charge in [-0.25, -0.2) is 4.39 Å². The summed E-state index contributed by atoms with van der Waals surface area (Å²) in [5, 5.41) is 3.25. The summed E-state index contributed by atoms with van der Waals surface area (Å²) in [5.74, 6) is 0.213. The van der Waals surface area contributed by atoms with Crippen molar-refractivity contribution in [2.75, 3.05) is 25.1 Å². The normalized spacial score (nSPS) is 18.6. The highest BCUT2D eigenvalue weighted by Crippen LogP contribution is 2.26. The Morgan fingerprint density at radius 2 is 1.90 bits per heavy atom. The lowest BCUT2D eigenvalue weighted by atomic mass is 10.1. The van der Waals surface area contributed by atoms with E-state index < -0.39 is 0 Å². The highest BCUT2D eigenvalue weighted by molar-refractivity contribution is 7.80. The monoisotopic (exact) mass is 411 g/mol. The first kappa shape index (κ1) is 19.5. The predicted molar refractivity (Wildman–Crippen MR) is 115 cm³/mol. The van der Waals surface area contributed by atoms with Gasteiger partial charge in [-0.15, -0.1) is 0 Å². The Labute approximate surface area is 174 Å². The Hall–Kier alpha value is -2.77. The minimum absolute atomic E-state index is 0.265. The van der Waals surface area contributed by atoms with Crippen LogP contribution in [0.3, 0.4) is 0 Å². The molecule has 2 fully saturated rings. The third-order valence-electron chi connectivity index (χ3n) is 5.17. The van der Waals surface area contributed by atoms with Crippen LogP contribution < -0.4 is 15.0 Å². The summed E-state index contributed by atoms with van der Waals surface area (Å²) in [4.78, 5) is 16.6. The fourth-order valence-electron chi connectivity index (χ4n) is 3.72. The second-order valence-electron chi connectivity index (χ2n) is 7.16. The molecule has 0 aliphatic carbocycles. The average molecular weight is 412 g/mol. The second kappa shape index (κ2) is 8.31. The molecule has 0 atom stereocenters. The number of ether oxygens (including phenoxy) is 1. The van der Waals surface area contributed by atoms with Gasteiger partial charge in [-0.05, 0) is 86.2 Å². The fraction of sp³-hybridized carbons (Fsp3) is 0.273. The number of hydrogen-bond acceptors (Lipinski definition) is 4. The van der Waals surface area contributed by atoms with Crippen LogP contribution >= 0.6 is 12.2 Å². The van der Waals surface area contributed by atoms with Crippen molar-refractivity contribution in [3.63, 3.8) is 0 Å². The van der Waals surface area contributed by atoms with Gasteiger partial charge in [-0.2, -0.15) is 0 Å². The van der Waals surface area contributed by atoms with Gasteiger partial charge in [0.05, 0.1) is 12.8 Å². The minimum Gasteiger partial charge on any atom is -0.496 e. The van der Waals surface area contributed by atoms with Gasteiger partial charge in [0.2, 0.25) is 0 Å². The molecule has 2 aliphatic rings. The number of nitrogens with one attached hydrogen (secondary N) is 1. The Kier molecular flexibility index (Phi) is 5.60. The zero-order valence-electron chi connectivity index (χ0n) is 16.2. The number of nitrogens with zero attached hydrogens (tertiary/aromatic N) is 2. The van der Waals surface area contributed by atoms with Crippen LogP contribution in [0.1, 0.15) is 24.0 Å². The number of hydrogen-bond donors (Lipinski definition) is 1. The Morgan fingerprint density at radius 1 is 1.17 bits per heavy atom. The van der Waals surface area contributed by atoms with E-state index >= 15 is 0 Å². The van der Waals surface area contributed by atoms with Gasteiger partial charge in [0, 0.05) is 12.1 Å². The largest absolute Gasteiger partial charge is 0.496 e. The van der Waals surface area contributed by atoms with Crippen molar-refractivity contribution in [2.24, 2.45) is 0 Å². The first-order valence-electron chi connectivity index (χ1n) is 9.57. The van der Waals surface area contributed by atoms with Crippen LogP contribution in [0.25, 0.3) is 6.08 Å². The summed E-state index contributed by atoms with van der Waals surface area (Å²) in [6.07, 6.45) is 4.23. The van der Waals surface area contributed by atoms with E-state index in [1.807, 2.05) is 18.2 Å². The smallest absolute Gasteiger partial charge is 0.281 e. The summed E-state index contributed by atoms with van der Waals surface area (Å²) in [6.45, 7) is 3.01. The van der Waals surface area contributed by atoms with Gasteiger partial charge in [0.15, 0.2) is 5.11 Å². The Morgan fingerprint density at radius 3 is 2.59 bits per heavy atom. The van der Waals surface area contributed by atoms with Gasteiger partial charge < -0.3 is 10.1 Å². The number of rotatable bonds is 5. The zero-order valence-corrected chi connectivity index (χ0v) is 17.0. The molecule has 0 aromatic heterocycles. The fourth-order valence-corrected chi connectivity index (χ4v) is 4.02. The number of benzene rings is 2. The quantitative estimate of drug-likeness (QED) is 0.601. The van der Waals surface area contributed by atoms with Crippen LogP contribution in [0.4, 0.5) is 10.1 Å². The van der Waals surface area contributed by atoms with Crippen molar-refractivity contribution in [1.29, 1.82) is 0 Å². The summed E-state index contributed by atoms with van der Waals surface area (Å²) >= 11 is 5.32. The molecule has 0 radical (unpaired) electrons. The van der Waals surface area contributed by atoms with E-state index in [4.69, 9.17) is 17.0 Å². The number of amides is 1. The van der Waals surface area contributed by atoms with Crippen molar-refractivity contribution in [1.82, 2.24) is 10.2 Å². The van der Waals surface area contributed by atoms with Gasteiger partial charge in [-0.3, -0.25) is 14.6 Å². The molecule has 1 amide bonds. The SMILES string of the molecule is COc1ccc(/C=C2/NC(=S)N(c3ccc(F)cc3)C2=O)cc1CN1CCCC1. The summed E-state index contributed by atoms with van der Waals surface area (Å²) in [5.41, 5.74) is 2.89. The van der Waals surface area contributed by atoms with Gasteiger partial charge in [0.25, 0.3) is 5.91 Å². The molecule has 2 aromatic carbocycles. The van der Waals surface area contributed by atoms with Crippen molar-refractivity contribution in [2.45, 2.75) is 19.4 Å². The maximum atomic E-state index is 13.2. The van der Waals surface area contributed by atoms with Crippen LogP contribution in [0.5, 0.6) is 5.75 Å². The lowest BCUT2D eigenvalue weighted by Gasteiger charge is -2.17. The minimum atomic E-state index is -0.362. The van der Waals surface area contributed by atoms with E-state index in [1.54, 1.807) is 13.2 Å². The van der Waals surface area contributed by atoms with Crippen LogP contribution in [0.15, 0.2) is 48.2 Å². The highest BCUT2D eigenvalue weighted by atomic mass is 32.1. The molecular formula is C22H22FN3O2S. The molecule has 4 rings (SSSR count). The van der Waals surface area contributed by atoms with E-state index in [0.29, 0.717) is 11.4 Å². The van der Waals surface area contributed by atoms with E-state index in [-0.39, 0.29) is 16.8 Å². The standard InChI is InChI=1S/C22H22FN3O2S/c1-28-20-9-4-15(12-16(20)14-25-10-2-3-11-25)13-19-21(27)26(22(29)24-19)18-7-5-17(23)6-8-18/h4-9,12-13H,2-3,10-11,14H2,1H3,(H,24,29)/b19-13+. The van der Waals surface area contributed by atoms with Crippen molar-refractivity contribution in [3.05, 3.63) is 65.1 Å². The molecule has 29 heavy (non-hydrogen) atoms. The molecule has 0 unspecified atom stereocenters. The maximum absolute atomic E-state index is 13.2. The van der Waals surface area contributed by atoms with E-state index in [0.717, 1.165) is 36.5 Å². The molecule has 150 valence electrons. The Bertz CT molecular complexity index is 969. The third kappa shape index (κ3) is 4.16. The lowest BCUT2D eigenvalue weighted by molar-refractivity contribution is -0.113. The lowest BCUT2D eigenvalue weighted by Crippen LogP contribution is -2.30. The molecular weight excluding hydrogens is 389 g/mol. The molecule has 2 aliphatic heterocycles. The van der Waals surface area contributed by atoms with Gasteiger partial charge in [0.1, 0.15) is 17.3 Å². The number of halogens is 1. The third-order valence-corrected chi connectivity index (χ3v) is 5.46. The maximum Gasteiger partial charge on any atom is 0.281 e. The Balaban J connectivity index is 1.59. The van der Waals surface area contributed by atoms with Gasteiger partial charge in [-0.1, -0.05) is 6.07 Å². The van der Waals surface area contributed by atoms with Crippen molar-refractivity contribution < 1.29 is 13.9 Å². The molecule has 0 bridgehead atoms. The van der Waals surface area contributed by atoms with E-state index in [2.05, 4.69) is 10.2 Å². The molecule has 2 aromatic rings. The predicted octanol–water partition coefficient (Wildman–Crippen LogP) is 3.69. The van der Waals surface area contributed by atoms with Gasteiger partial charge >= 0.3 is 0 Å². The van der Waals surface area contributed by atoms with Crippen LogP contribution in [0, 0.1) is 5.82 Å². The van der Waals surface area contributed by atoms with Crippen molar-refractivity contribution >= 4 is 35.0 Å². The van der Waals surface area contributed by atoms with Crippen molar-refractivity contribution in [3.8, 4) is 5.75 Å². The molecule has 5 nitrogen and oxygen atoms in total. The number of likely N-dealkylation sites (tertiary alicyclic amines) is 1. The molecule has 2 saturated heterocycles. The first-order chi connectivity index (χ1) is 14.0. The molecule has 2 heterocycles. The second-order valence-corrected chi connectivity index (χ2v) is 7.55. The zero-order chi connectivity index (χ0) is 20.4. The molecule has 7 heteroatoms. The first-order valence-corrected chi connectivity index (χ1v) is 9.98. The average Bonchev–Trinajstić information content (AvgIpc) is 3.31. The van der Waals surface area contributed by atoms with Crippen LogP contribution in [-0.4, -0.2) is 36.1 Å².